The minimum atomic E-state index is -3.79. The second-order valence-electron chi connectivity index (χ2n) is 4.00. The molecule has 5 nitrogen and oxygen atoms in total. The Labute approximate surface area is 126 Å². The fourth-order valence-electron chi connectivity index (χ4n) is 1.57. The standard InChI is InChI=1S/C14H13NO4S2/c1-19-14(16)12(10-11-6-3-2-4-7-11)15-21(17,18)13-8-5-9-20-13/h2-10,15H,1H3. The van der Waals surface area contributed by atoms with Crippen molar-refractivity contribution in [1.29, 1.82) is 0 Å². The van der Waals surface area contributed by atoms with Gasteiger partial charge in [0, 0.05) is 0 Å². The van der Waals surface area contributed by atoms with E-state index in [1.165, 1.54) is 19.3 Å². The van der Waals surface area contributed by atoms with Crippen molar-refractivity contribution in [3.8, 4) is 0 Å². The Morgan fingerprint density at radius 3 is 2.48 bits per heavy atom. The molecule has 0 fully saturated rings. The summed E-state index contributed by atoms with van der Waals surface area (Å²) in [5.41, 5.74) is 0.545. The largest absolute Gasteiger partial charge is 0.464 e. The lowest BCUT2D eigenvalue weighted by Gasteiger charge is -2.09. The first-order chi connectivity index (χ1) is 10.0. The van der Waals surface area contributed by atoms with Gasteiger partial charge in [-0.1, -0.05) is 36.4 Å². The first-order valence-electron chi connectivity index (χ1n) is 5.94. The molecule has 0 aliphatic heterocycles. The number of thiophene rings is 1. The van der Waals surface area contributed by atoms with Crippen LogP contribution in [-0.4, -0.2) is 21.5 Å². The number of hydrogen-bond donors (Lipinski definition) is 1. The highest BCUT2D eigenvalue weighted by molar-refractivity contribution is 7.91. The van der Waals surface area contributed by atoms with E-state index in [9.17, 15) is 13.2 Å². The third-order valence-electron chi connectivity index (χ3n) is 2.52. The fraction of sp³-hybridized carbons (Fsp3) is 0.0714. The SMILES string of the molecule is COC(=O)C(=Cc1ccccc1)NS(=O)(=O)c1cccs1. The molecule has 21 heavy (non-hydrogen) atoms. The van der Waals surface area contributed by atoms with Gasteiger partial charge in [-0.25, -0.2) is 13.2 Å². The van der Waals surface area contributed by atoms with Crippen LogP contribution in [0.15, 0.2) is 57.8 Å². The van der Waals surface area contributed by atoms with Crippen molar-refractivity contribution in [3.63, 3.8) is 0 Å². The van der Waals surface area contributed by atoms with E-state index in [1.807, 2.05) is 6.07 Å². The predicted molar refractivity (Wildman–Crippen MR) is 81.1 cm³/mol. The number of ether oxygens (including phenoxy) is 1. The monoisotopic (exact) mass is 323 g/mol. The molecule has 0 radical (unpaired) electrons. The molecular formula is C14H13NO4S2. The van der Waals surface area contributed by atoms with Gasteiger partial charge in [0.1, 0.15) is 9.91 Å². The molecule has 0 saturated carbocycles. The van der Waals surface area contributed by atoms with Gasteiger partial charge in [0.25, 0.3) is 10.0 Å². The number of rotatable bonds is 5. The summed E-state index contributed by atoms with van der Waals surface area (Å²) < 4.78 is 31.3. The Morgan fingerprint density at radius 1 is 1.19 bits per heavy atom. The van der Waals surface area contributed by atoms with E-state index in [2.05, 4.69) is 9.46 Å². The van der Waals surface area contributed by atoms with Crippen LogP contribution < -0.4 is 4.72 Å². The van der Waals surface area contributed by atoms with E-state index in [-0.39, 0.29) is 9.91 Å². The Morgan fingerprint density at radius 2 is 1.90 bits per heavy atom. The van der Waals surface area contributed by atoms with E-state index >= 15 is 0 Å². The van der Waals surface area contributed by atoms with E-state index in [4.69, 9.17) is 0 Å². The van der Waals surface area contributed by atoms with Crippen LogP contribution in [0.25, 0.3) is 6.08 Å². The number of carbonyl (C=O) groups is 1. The Hall–Kier alpha value is -2.12. The number of nitrogens with one attached hydrogen (secondary N) is 1. The van der Waals surface area contributed by atoms with Gasteiger partial charge >= 0.3 is 5.97 Å². The average molecular weight is 323 g/mol. The smallest absolute Gasteiger partial charge is 0.355 e. The highest BCUT2D eigenvalue weighted by Crippen LogP contribution is 2.17. The first-order valence-corrected chi connectivity index (χ1v) is 8.30. The average Bonchev–Trinajstić information content (AvgIpc) is 3.02. The summed E-state index contributed by atoms with van der Waals surface area (Å²) >= 11 is 1.07. The summed E-state index contributed by atoms with van der Waals surface area (Å²) in [6, 6.07) is 12.0. The Kier molecular flexibility index (Phi) is 4.77. The van der Waals surface area contributed by atoms with Crippen LogP contribution >= 0.6 is 11.3 Å². The normalized spacial score (nSPS) is 12.0. The highest BCUT2D eigenvalue weighted by Gasteiger charge is 2.20. The van der Waals surface area contributed by atoms with Gasteiger partial charge in [0.05, 0.1) is 7.11 Å². The van der Waals surface area contributed by atoms with Crippen LogP contribution in [-0.2, 0) is 19.6 Å². The lowest BCUT2D eigenvalue weighted by Crippen LogP contribution is -2.27. The fourth-order valence-corrected chi connectivity index (χ4v) is 3.60. The maximum Gasteiger partial charge on any atom is 0.355 e. The molecule has 0 aliphatic carbocycles. The summed E-state index contributed by atoms with van der Waals surface area (Å²) in [6.45, 7) is 0. The molecule has 2 aromatic rings. The molecule has 1 aromatic carbocycles. The quantitative estimate of drug-likeness (QED) is 0.676. The third kappa shape index (κ3) is 3.93. The van der Waals surface area contributed by atoms with Gasteiger partial charge in [0.15, 0.2) is 0 Å². The highest BCUT2D eigenvalue weighted by atomic mass is 32.2. The summed E-state index contributed by atoms with van der Waals surface area (Å²) in [5, 5.41) is 1.65. The number of benzene rings is 1. The van der Waals surface area contributed by atoms with Crippen molar-refractivity contribution < 1.29 is 17.9 Å². The van der Waals surface area contributed by atoms with Crippen molar-refractivity contribution in [2.24, 2.45) is 0 Å². The van der Waals surface area contributed by atoms with Crippen molar-refractivity contribution in [3.05, 3.63) is 59.1 Å². The predicted octanol–water partition coefficient (Wildman–Crippen LogP) is 2.24. The van der Waals surface area contributed by atoms with E-state index in [0.717, 1.165) is 11.3 Å². The molecule has 0 saturated heterocycles. The molecule has 0 aliphatic rings. The molecule has 110 valence electrons. The molecule has 2 rings (SSSR count). The van der Waals surface area contributed by atoms with Crippen LogP contribution in [0.4, 0.5) is 0 Å². The molecule has 1 N–H and O–H groups in total. The van der Waals surface area contributed by atoms with Gasteiger partial charge in [0.2, 0.25) is 0 Å². The zero-order valence-corrected chi connectivity index (χ0v) is 12.8. The van der Waals surface area contributed by atoms with Crippen LogP contribution in [0.2, 0.25) is 0 Å². The lowest BCUT2D eigenvalue weighted by molar-refractivity contribution is -0.136. The molecule has 1 heterocycles. The summed E-state index contributed by atoms with van der Waals surface area (Å²) in [7, 11) is -2.60. The van der Waals surface area contributed by atoms with Crippen LogP contribution in [0, 0.1) is 0 Å². The number of hydrogen-bond acceptors (Lipinski definition) is 5. The maximum atomic E-state index is 12.2. The minimum absolute atomic E-state index is 0.130. The zero-order chi connectivity index (χ0) is 15.3. The van der Waals surface area contributed by atoms with Crippen molar-refractivity contribution >= 4 is 33.4 Å². The van der Waals surface area contributed by atoms with E-state index in [1.54, 1.807) is 35.7 Å². The molecular weight excluding hydrogens is 310 g/mol. The van der Waals surface area contributed by atoms with Gasteiger partial charge in [-0.15, -0.1) is 11.3 Å². The lowest BCUT2D eigenvalue weighted by atomic mass is 10.2. The van der Waals surface area contributed by atoms with Gasteiger partial charge in [-0.3, -0.25) is 4.72 Å². The van der Waals surface area contributed by atoms with Gasteiger partial charge < -0.3 is 4.74 Å². The van der Waals surface area contributed by atoms with Crippen LogP contribution in [0.5, 0.6) is 0 Å². The summed E-state index contributed by atoms with van der Waals surface area (Å²) in [4.78, 5) is 11.7. The Bertz CT molecular complexity index is 735. The topological polar surface area (TPSA) is 72.5 Å². The first kappa shape index (κ1) is 15.3. The van der Waals surface area contributed by atoms with Crippen LogP contribution in [0.1, 0.15) is 5.56 Å². The second kappa shape index (κ2) is 6.55. The van der Waals surface area contributed by atoms with Crippen molar-refractivity contribution in [1.82, 2.24) is 4.72 Å². The summed E-state index contributed by atoms with van der Waals surface area (Å²) in [5.74, 6) is -0.751. The van der Waals surface area contributed by atoms with Crippen molar-refractivity contribution in [2.75, 3.05) is 7.11 Å². The van der Waals surface area contributed by atoms with Crippen LogP contribution in [0.3, 0.4) is 0 Å². The molecule has 1 aromatic heterocycles. The number of sulfonamides is 1. The van der Waals surface area contributed by atoms with E-state index in [0.29, 0.717) is 5.56 Å². The van der Waals surface area contributed by atoms with Crippen molar-refractivity contribution in [2.45, 2.75) is 4.21 Å². The maximum absolute atomic E-state index is 12.2. The second-order valence-corrected chi connectivity index (χ2v) is 6.85. The minimum Gasteiger partial charge on any atom is -0.464 e. The Balaban J connectivity index is 2.35. The summed E-state index contributed by atoms with van der Waals surface area (Å²) in [6.07, 6.45) is 1.43. The zero-order valence-electron chi connectivity index (χ0n) is 11.1. The molecule has 0 atom stereocenters. The molecule has 7 heteroatoms. The van der Waals surface area contributed by atoms with E-state index < -0.39 is 16.0 Å². The molecule has 0 unspecified atom stereocenters. The van der Waals surface area contributed by atoms with Gasteiger partial charge in [-0.2, -0.15) is 0 Å². The third-order valence-corrected chi connectivity index (χ3v) is 5.28. The number of esters is 1. The molecule has 0 amide bonds. The van der Waals surface area contributed by atoms with Gasteiger partial charge in [-0.05, 0) is 23.1 Å². The number of carbonyl (C=O) groups excluding carboxylic acids is 1. The number of methoxy groups -OCH3 is 1. The molecule has 0 bridgehead atoms. The molecule has 0 spiro atoms.